The highest BCUT2D eigenvalue weighted by Crippen LogP contribution is 2.24. The van der Waals surface area contributed by atoms with Gasteiger partial charge in [0, 0.05) is 6.54 Å². The van der Waals surface area contributed by atoms with Crippen molar-refractivity contribution in [2.45, 2.75) is 32.9 Å². The van der Waals surface area contributed by atoms with Crippen LogP contribution in [0, 0.1) is 9.39 Å². The maximum Gasteiger partial charge on any atom is 0.407 e. The number of hydrogen-bond donors (Lipinski definition) is 1. The molecule has 0 aliphatic carbocycles. The third-order valence-electron chi connectivity index (χ3n) is 1.94. The van der Waals surface area contributed by atoms with Crippen LogP contribution in [0.1, 0.15) is 26.3 Å². The molecule has 0 bridgehead atoms. The van der Waals surface area contributed by atoms with E-state index < -0.39 is 17.5 Å². The normalized spacial score (nSPS) is 11.2. The van der Waals surface area contributed by atoms with Crippen LogP contribution in [-0.2, 0) is 11.3 Å². The molecule has 0 saturated heterocycles. The Labute approximate surface area is 124 Å². The molecule has 0 aromatic heterocycles. The van der Waals surface area contributed by atoms with Crippen molar-refractivity contribution < 1.29 is 13.9 Å². The fourth-order valence-electron chi connectivity index (χ4n) is 1.18. The first-order valence-electron chi connectivity index (χ1n) is 5.30. The molecule has 0 saturated carbocycles. The van der Waals surface area contributed by atoms with E-state index in [9.17, 15) is 9.18 Å². The Morgan fingerprint density at radius 2 is 2.11 bits per heavy atom. The molecule has 0 aliphatic heterocycles. The number of nitrogens with one attached hydrogen (secondary N) is 1. The van der Waals surface area contributed by atoms with E-state index in [4.69, 9.17) is 16.3 Å². The van der Waals surface area contributed by atoms with E-state index in [-0.39, 0.29) is 11.6 Å². The third-order valence-corrected chi connectivity index (χ3v) is 3.18. The number of ether oxygens (including phenoxy) is 1. The number of carbonyl (C=O) groups excluding carboxylic acids is 1. The van der Waals surface area contributed by atoms with Gasteiger partial charge in [0.15, 0.2) is 5.82 Å². The lowest BCUT2D eigenvalue weighted by Crippen LogP contribution is -2.32. The van der Waals surface area contributed by atoms with Crippen molar-refractivity contribution in [3.05, 3.63) is 32.1 Å². The number of amides is 1. The van der Waals surface area contributed by atoms with Crippen LogP contribution in [0.2, 0.25) is 5.02 Å². The topological polar surface area (TPSA) is 38.3 Å². The highest BCUT2D eigenvalue weighted by atomic mass is 127. The second-order valence-electron chi connectivity index (χ2n) is 4.69. The van der Waals surface area contributed by atoms with Gasteiger partial charge in [-0.1, -0.05) is 17.7 Å². The van der Waals surface area contributed by atoms with Gasteiger partial charge in [-0.3, -0.25) is 0 Å². The molecule has 1 aromatic carbocycles. The van der Waals surface area contributed by atoms with E-state index in [1.54, 1.807) is 32.9 Å². The average Bonchev–Trinajstić information content (AvgIpc) is 2.22. The van der Waals surface area contributed by atoms with Crippen LogP contribution in [0.3, 0.4) is 0 Å². The van der Waals surface area contributed by atoms with Crippen molar-refractivity contribution in [1.29, 1.82) is 0 Å². The van der Waals surface area contributed by atoms with Crippen molar-refractivity contribution in [3.8, 4) is 0 Å². The summed E-state index contributed by atoms with van der Waals surface area (Å²) in [7, 11) is 0. The van der Waals surface area contributed by atoms with Gasteiger partial charge >= 0.3 is 6.09 Å². The van der Waals surface area contributed by atoms with E-state index in [1.165, 1.54) is 0 Å². The molecule has 6 heteroatoms. The van der Waals surface area contributed by atoms with Gasteiger partial charge < -0.3 is 10.1 Å². The SMILES string of the molecule is CC(C)(C)OC(=O)NCc1ccc(I)c(F)c1Cl. The van der Waals surface area contributed by atoms with Gasteiger partial charge in [-0.2, -0.15) is 0 Å². The number of halogens is 3. The molecule has 3 nitrogen and oxygen atoms in total. The molecule has 18 heavy (non-hydrogen) atoms. The fourth-order valence-corrected chi connectivity index (χ4v) is 2.02. The number of carbonyl (C=O) groups is 1. The molecule has 0 spiro atoms. The minimum Gasteiger partial charge on any atom is -0.444 e. The highest BCUT2D eigenvalue weighted by Gasteiger charge is 2.16. The number of hydrogen-bond acceptors (Lipinski definition) is 2. The summed E-state index contributed by atoms with van der Waals surface area (Å²) in [6, 6.07) is 3.28. The van der Waals surface area contributed by atoms with E-state index in [1.807, 2.05) is 22.6 Å². The van der Waals surface area contributed by atoms with Crippen molar-refractivity contribution in [2.75, 3.05) is 0 Å². The first-order valence-corrected chi connectivity index (χ1v) is 6.75. The van der Waals surface area contributed by atoms with Crippen LogP contribution in [0.15, 0.2) is 12.1 Å². The lowest BCUT2D eigenvalue weighted by Gasteiger charge is -2.19. The van der Waals surface area contributed by atoms with Crippen LogP contribution in [0.4, 0.5) is 9.18 Å². The maximum absolute atomic E-state index is 13.5. The zero-order valence-electron chi connectivity index (χ0n) is 10.3. The van der Waals surface area contributed by atoms with Crippen molar-refractivity contribution in [2.24, 2.45) is 0 Å². The zero-order valence-corrected chi connectivity index (χ0v) is 13.2. The summed E-state index contributed by atoms with van der Waals surface area (Å²) in [5.74, 6) is -0.472. The molecule has 1 amide bonds. The summed E-state index contributed by atoms with van der Waals surface area (Å²) in [5, 5.41) is 2.55. The van der Waals surface area contributed by atoms with Crippen LogP contribution < -0.4 is 5.32 Å². The molecule has 0 fully saturated rings. The Kier molecular flexibility index (Phi) is 5.21. The number of rotatable bonds is 2. The van der Waals surface area contributed by atoms with Crippen molar-refractivity contribution in [1.82, 2.24) is 5.32 Å². The Balaban J connectivity index is 2.65. The Hall–Kier alpha value is -0.560. The van der Waals surface area contributed by atoms with E-state index in [2.05, 4.69) is 5.32 Å². The second kappa shape index (κ2) is 6.06. The third kappa shape index (κ3) is 4.61. The monoisotopic (exact) mass is 385 g/mol. The molecule has 0 heterocycles. The molecular formula is C12H14ClFINO2. The van der Waals surface area contributed by atoms with Crippen LogP contribution in [-0.4, -0.2) is 11.7 Å². The Morgan fingerprint density at radius 3 is 2.67 bits per heavy atom. The molecule has 1 N–H and O–H groups in total. The predicted molar refractivity (Wildman–Crippen MR) is 77.2 cm³/mol. The molecule has 100 valence electrons. The van der Waals surface area contributed by atoms with Gasteiger partial charge in [0.2, 0.25) is 0 Å². The van der Waals surface area contributed by atoms with Gasteiger partial charge in [-0.15, -0.1) is 0 Å². The molecule has 0 radical (unpaired) electrons. The number of alkyl carbamates (subject to hydrolysis) is 1. The summed E-state index contributed by atoms with van der Waals surface area (Å²) in [6.07, 6.45) is -0.558. The minimum atomic E-state index is -0.564. The average molecular weight is 386 g/mol. The quantitative estimate of drug-likeness (QED) is 0.615. The van der Waals surface area contributed by atoms with Gasteiger partial charge in [0.25, 0.3) is 0 Å². The maximum atomic E-state index is 13.5. The van der Waals surface area contributed by atoms with Gasteiger partial charge in [0.1, 0.15) is 5.60 Å². The molecule has 0 atom stereocenters. The van der Waals surface area contributed by atoms with Crippen LogP contribution in [0.5, 0.6) is 0 Å². The van der Waals surface area contributed by atoms with Gasteiger partial charge in [0.05, 0.1) is 8.59 Å². The van der Waals surface area contributed by atoms with E-state index in [0.717, 1.165) is 0 Å². The summed E-state index contributed by atoms with van der Waals surface area (Å²) < 4.78 is 19.0. The second-order valence-corrected chi connectivity index (χ2v) is 6.23. The van der Waals surface area contributed by atoms with Crippen molar-refractivity contribution >= 4 is 40.3 Å². The largest absolute Gasteiger partial charge is 0.444 e. The van der Waals surface area contributed by atoms with Crippen LogP contribution in [0.25, 0.3) is 0 Å². The Bertz CT molecular complexity index is 460. The number of benzene rings is 1. The lowest BCUT2D eigenvalue weighted by atomic mass is 10.2. The highest BCUT2D eigenvalue weighted by molar-refractivity contribution is 14.1. The molecule has 1 rings (SSSR count). The summed E-state index contributed by atoms with van der Waals surface area (Å²) >= 11 is 7.70. The first kappa shape index (κ1) is 15.5. The molecule has 1 aromatic rings. The fraction of sp³-hybridized carbons (Fsp3) is 0.417. The summed E-state index contributed by atoms with van der Waals surface area (Å²) in [4.78, 5) is 11.4. The van der Waals surface area contributed by atoms with Gasteiger partial charge in [-0.25, -0.2) is 9.18 Å². The molecule has 0 aliphatic rings. The summed E-state index contributed by atoms with van der Waals surface area (Å²) in [5.41, 5.74) is -0.0500. The molecule has 0 unspecified atom stereocenters. The van der Waals surface area contributed by atoms with Gasteiger partial charge in [-0.05, 0) is 55.0 Å². The standard InChI is InChI=1S/C12H14ClFINO2/c1-12(2,3)18-11(17)16-6-7-4-5-8(15)10(14)9(7)13/h4-5H,6H2,1-3H3,(H,16,17). The van der Waals surface area contributed by atoms with Crippen LogP contribution >= 0.6 is 34.2 Å². The van der Waals surface area contributed by atoms with Crippen molar-refractivity contribution in [3.63, 3.8) is 0 Å². The van der Waals surface area contributed by atoms with E-state index >= 15 is 0 Å². The minimum absolute atomic E-state index is 0.0259. The zero-order chi connectivity index (χ0) is 13.9. The molecular weight excluding hydrogens is 371 g/mol. The van der Waals surface area contributed by atoms with E-state index in [0.29, 0.717) is 9.13 Å². The Morgan fingerprint density at radius 1 is 1.50 bits per heavy atom. The predicted octanol–water partition coefficient (Wildman–Crippen LogP) is 4.11. The lowest BCUT2D eigenvalue weighted by molar-refractivity contribution is 0.0523. The smallest absolute Gasteiger partial charge is 0.407 e. The summed E-state index contributed by atoms with van der Waals surface area (Å²) in [6.45, 7) is 5.43. The first-order chi connectivity index (χ1) is 8.20.